The van der Waals surface area contributed by atoms with Gasteiger partial charge in [0.1, 0.15) is 6.17 Å². The third-order valence-corrected chi connectivity index (χ3v) is 19.4. The maximum atomic E-state index is 4.76. The number of aromatic nitrogens is 4. The highest BCUT2D eigenvalue weighted by molar-refractivity contribution is 5.92. The molecule has 12 heteroatoms. The maximum Gasteiger partial charge on any atom is 0.103 e. The Hall–Kier alpha value is -7.80. The third kappa shape index (κ3) is 12.7. The summed E-state index contributed by atoms with van der Waals surface area (Å²) in [6, 6.07) is 44.3. The number of fused-ring (bicyclic) bond motifs is 7. The van der Waals surface area contributed by atoms with Crippen LogP contribution in [0.2, 0.25) is 0 Å². The van der Waals surface area contributed by atoms with Crippen LogP contribution in [0.4, 0.5) is 39.8 Å². The van der Waals surface area contributed by atoms with E-state index in [0.717, 1.165) is 65.9 Å². The van der Waals surface area contributed by atoms with Crippen LogP contribution >= 0.6 is 0 Å². The minimum atomic E-state index is 0.168. The first-order chi connectivity index (χ1) is 42.0. The minimum Gasteiger partial charge on any atom is -0.354 e. The second-order valence-corrected chi connectivity index (χ2v) is 25.8. The Kier molecular flexibility index (Phi) is 19.0. The van der Waals surface area contributed by atoms with Gasteiger partial charge in [-0.3, -0.25) is 29.7 Å². The number of pyridine rings is 4. The number of para-hydroxylation sites is 3. The third-order valence-electron chi connectivity index (χ3n) is 19.4. The largest absolute Gasteiger partial charge is 0.354 e. The lowest BCUT2D eigenvalue weighted by Gasteiger charge is -2.38. The van der Waals surface area contributed by atoms with Crippen LogP contribution in [-0.2, 0) is 19.5 Å². The first-order valence-corrected chi connectivity index (χ1v) is 32.2. The average Bonchev–Trinajstić information content (AvgIpc) is 2.27. The summed E-state index contributed by atoms with van der Waals surface area (Å²) in [5, 5.41) is 0. The lowest BCUT2D eigenvalue weighted by molar-refractivity contribution is 0.244. The van der Waals surface area contributed by atoms with Crippen LogP contribution in [0.25, 0.3) is 11.1 Å². The molecule has 6 unspecified atom stereocenters. The summed E-state index contributed by atoms with van der Waals surface area (Å²) in [4.78, 5) is 38.6. The van der Waals surface area contributed by atoms with Crippen LogP contribution in [0.3, 0.4) is 0 Å². The van der Waals surface area contributed by atoms with Crippen molar-refractivity contribution in [3.8, 4) is 11.1 Å². The van der Waals surface area contributed by atoms with Crippen LogP contribution < -0.4 is 29.4 Å². The van der Waals surface area contributed by atoms with Gasteiger partial charge in [-0.15, -0.1) is 0 Å². The molecule has 0 N–H and O–H groups in total. The number of anilines is 7. The van der Waals surface area contributed by atoms with Crippen LogP contribution in [-0.4, -0.2) is 101 Å². The summed E-state index contributed by atoms with van der Waals surface area (Å²) < 4.78 is 0. The fourth-order valence-corrected chi connectivity index (χ4v) is 15.2. The molecule has 2 saturated heterocycles. The lowest BCUT2D eigenvalue weighted by Crippen LogP contribution is -2.45. The highest BCUT2D eigenvalue weighted by Crippen LogP contribution is 2.46. The quantitative estimate of drug-likeness (QED) is 0.168. The fraction of sp³-hybridized carbons (Fsp3) is 0.421. The van der Waals surface area contributed by atoms with Crippen molar-refractivity contribution in [3.63, 3.8) is 0 Å². The zero-order valence-corrected chi connectivity index (χ0v) is 56.5. The zero-order valence-electron chi connectivity index (χ0n) is 56.5. The van der Waals surface area contributed by atoms with E-state index in [1.54, 1.807) is 0 Å². The van der Waals surface area contributed by atoms with Crippen LogP contribution in [0.5, 0.6) is 0 Å². The predicted octanol–water partition coefficient (Wildman–Crippen LogP) is 15.9. The van der Waals surface area contributed by atoms with Gasteiger partial charge in [-0.2, -0.15) is 0 Å². The van der Waals surface area contributed by atoms with Gasteiger partial charge >= 0.3 is 0 Å². The van der Waals surface area contributed by atoms with Gasteiger partial charge in [0.15, 0.2) is 0 Å². The predicted molar refractivity (Wildman–Crippen MR) is 371 cm³/mol. The van der Waals surface area contributed by atoms with E-state index in [0.29, 0.717) is 24.5 Å². The second-order valence-electron chi connectivity index (χ2n) is 25.8. The zero-order chi connectivity index (χ0) is 63.0. The van der Waals surface area contributed by atoms with E-state index < -0.39 is 0 Å². The van der Waals surface area contributed by atoms with Gasteiger partial charge in [0.05, 0.1) is 69.7 Å². The Morgan fingerprint density at radius 3 is 1.36 bits per heavy atom. The molecular weight excluding hydrogens is 1080 g/mol. The molecule has 9 heterocycles. The summed E-state index contributed by atoms with van der Waals surface area (Å²) in [7, 11) is 6.56. The molecule has 13 rings (SSSR count). The molecule has 4 aromatic carbocycles. The molecular formula is C76H98N12. The number of rotatable bonds is 4. The summed E-state index contributed by atoms with van der Waals surface area (Å²) in [6.45, 7) is 40.2. The van der Waals surface area contributed by atoms with E-state index in [2.05, 4.69) is 302 Å². The minimum absolute atomic E-state index is 0.168. The molecule has 12 nitrogen and oxygen atoms in total. The van der Waals surface area contributed by atoms with Crippen molar-refractivity contribution in [2.24, 2.45) is 0 Å². The van der Waals surface area contributed by atoms with E-state index in [9.17, 15) is 0 Å². The molecule has 0 saturated carbocycles. The molecule has 0 aliphatic carbocycles. The Morgan fingerprint density at radius 1 is 0.398 bits per heavy atom. The summed E-state index contributed by atoms with van der Waals surface area (Å²) >= 11 is 0. The summed E-state index contributed by atoms with van der Waals surface area (Å²) in [5.41, 5.74) is 29.9. The van der Waals surface area contributed by atoms with Crippen molar-refractivity contribution >= 4 is 39.8 Å². The number of nitrogens with zero attached hydrogens (tertiary/aromatic N) is 12. The van der Waals surface area contributed by atoms with Crippen molar-refractivity contribution in [1.82, 2.24) is 29.7 Å². The van der Waals surface area contributed by atoms with Crippen molar-refractivity contribution in [2.45, 2.75) is 174 Å². The van der Waals surface area contributed by atoms with E-state index in [1.165, 1.54) is 122 Å². The topological polar surface area (TPSA) is 77.5 Å². The molecule has 0 radical (unpaired) electrons. The van der Waals surface area contributed by atoms with Gasteiger partial charge in [0.25, 0.3) is 0 Å². The van der Waals surface area contributed by atoms with E-state index >= 15 is 0 Å². The molecule has 5 aliphatic rings. The SMILES string of the molecule is Cc1cc(C)c(N2C3CCCN(C3)C2C)c(C)n1.Cc1cc(C)c(N2CCc3ccccc3N(C)C2C)c(C)n1.Cc1cc(C)c(N2Cc3ccccc3CN(C)C2C)c(C)n1.Cc1cc(C)c(N2c3ccccc3-c3ccccc3N(C)C2C)c(C)n1. The molecule has 4 aromatic heterocycles. The van der Waals surface area contributed by atoms with Gasteiger partial charge in [-0.05, 0) is 218 Å². The molecule has 5 aliphatic heterocycles. The molecule has 2 fully saturated rings. The Labute approximate surface area is 527 Å². The summed E-state index contributed by atoms with van der Waals surface area (Å²) in [6.07, 6.45) is 5.08. The fourth-order valence-electron chi connectivity index (χ4n) is 15.2. The van der Waals surface area contributed by atoms with Gasteiger partial charge in [-0.1, -0.05) is 78.9 Å². The first kappa shape index (κ1) is 63.2. The van der Waals surface area contributed by atoms with Crippen LogP contribution in [0.1, 0.15) is 125 Å². The maximum absolute atomic E-state index is 4.76. The van der Waals surface area contributed by atoms with E-state index in [1.807, 2.05) is 0 Å². The first-order valence-electron chi connectivity index (χ1n) is 32.2. The van der Waals surface area contributed by atoms with Gasteiger partial charge < -0.3 is 29.4 Å². The van der Waals surface area contributed by atoms with Gasteiger partial charge in [-0.25, -0.2) is 0 Å². The number of piperidine rings is 1. The number of aryl methyl sites for hydroxylation is 12. The molecule has 462 valence electrons. The molecule has 2 bridgehead atoms. The Bertz CT molecular complexity index is 3700. The van der Waals surface area contributed by atoms with Crippen LogP contribution in [0, 0.1) is 83.1 Å². The number of hydrogen-bond acceptors (Lipinski definition) is 12. The standard InChI is InChI=1S/C23H25N3.2C19H25N3.C15H23N3/c1-15-14-16(2)24-17(3)23(15)26-18(4)25(5)21-12-8-6-10-19(21)20-11-7-9-13-22(20)26;1-13-10-14(2)20-15(3)19(13)22-12-18-9-7-6-8-17(18)11-21(5)16(22)4;1-13-12-14(2)20-15(3)19(13)22-11-10-17-8-6-7-9-18(17)21(5)16(22)4;1-10-8-11(2)16-12(3)15(10)18-13(4)17-7-5-6-14(18)9-17/h6-14,18H,1-5H3;6-10,16H,11-12H2,1-5H3;6-9,12,16H,10-11H2,1-5H3;8,13-14H,5-7,9H2,1-4H3. The molecule has 8 aromatic rings. The van der Waals surface area contributed by atoms with Crippen LogP contribution in [0.15, 0.2) is 121 Å². The highest BCUT2D eigenvalue weighted by atomic mass is 15.4. The highest BCUT2D eigenvalue weighted by Gasteiger charge is 2.41. The molecule has 6 atom stereocenters. The van der Waals surface area contributed by atoms with Crippen molar-refractivity contribution < 1.29 is 0 Å². The molecule has 0 amide bonds. The van der Waals surface area contributed by atoms with Crippen molar-refractivity contribution in [1.29, 1.82) is 0 Å². The molecule has 88 heavy (non-hydrogen) atoms. The summed E-state index contributed by atoms with van der Waals surface area (Å²) in [5.74, 6) is 0. The Balaban J connectivity index is 0.000000131. The smallest absolute Gasteiger partial charge is 0.103 e. The number of hydrogen-bond donors (Lipinski definition) is 0. The lowest BCUT2D eigenvalue weighted by atomic mass is 10.0. The van der Waals surface area contributed by atoms with Crippen molar-refractivity contribution in [3.05, 3.63) is 206 Å². The second kappa shape index (κ2) is 26.5. The monoisotopic (exact) mass is 1180 g/mol. The average molecular weight is 1180 g/mol. The van der Waals surface area contributed by atoms with Gasteiger partial charge in [0.2, 0.25) is 0 Å². The number of benzene rings is 4. The normalized spacial score (nSPS) is 20.4. The van der Waals surface area contributed by atoms with Gasteiger partial charge in [0, 0.05) is 98.1 Å². The molecule has 0 spiro atoms. The van der Waals surface area contributed by atoms with Crippen molar-refractivity contribution in [2.75, 3.05) is 70.2 Å². The van der Waals surface area contributed by atoms with E-state index in [4.69, 9.17) is 9.97 Å². The Morgan fingerprint density at radius 2 is 0.830 bits per heavy atom. The van der Waals surface area contributed by atoms with E-state index in [-0.39, 0.29) is 6.17 Å².